The summed E-state index contributed by atoms with van der Waals surface area (Å²) in [6, 6.07) is -1.74. The number of rotatable bonds is 2. The molecule has 0 amide bonds. The van der Waals surface area contributed by atoms with E-state index in [4.69, 9.17) is 13.0 Å². The molecule has 0 saturated carbocycles. The fraction of sp³-hybridized carbons (Fsp3) is 1.00. The Labute approximate surface area is 70.1 Å². The maximum absolute atomic E-state index is 12.7. The molecule has 1 aliphatic heterocycles. The number of aliphatic hydroxyl groups excluding tert-OH is 1. The van der Waals surface area contributed by atoms with Crippen molar-refractivity contribution in [2.45, 2.75) is 24.1 Å². The summed E-state index contributed by atoms with van der Waals surface area (Å²) in [5, 5.41) is 8.98. The van der Waals surface area contributed by atoms with E-state index in [1.165, 1.54) is 7.11 Å². The summed E-state index contributed by atoms with van der Waals surface area (Å²) in [5.41, 5.74) is 0. The summed E-state index contributed by atoms with van der Waals surface area (Å²) < 4.78 is 34.6. The topological polar surface area (TPSA) is 38.7 Å². The van der Waals surface area contributed by atoms with Crippen molar-refractivity contribution >= 4 is 7.85 Å². The van der Waals surface area contributed by atoms with Crippen molar-refractivity contribution in [3.8, 4) is 0 Å². The fourth-order valence-electron chi connectivity index (χ4n) is 1.06. The molecule has 0 aromatic rings. The van der Waals surface area contributed by atoms with Crippen molar-refractivity contribution in [1.82, 2.24) is 0 Å². The van der Waals surface area contributed by atoms with Crippen LogP contribution in [0.15, 0.2) is 0 Å². The van der Waals surface area contributed by atoms with Crippen LogP contribution in [-0.4, -0.2) is 50.8 Å². The Balaban J connectivity index is 2.63. The van der Waals surface area contributed by atoms with Gasteiger partial charge in [-0.25, -0.2) is 8.78 Å². The van der Waals surface area contributed by atoms with Crippen LogP contribution in [0.2, 0.25) is 0 Å². The van der Waals surface area contributed by atoms with Crippen molar-refractivity contribution in [3.63, 3.8) is 0 Å². The first-order valence-electron chi connectivity index (χ1n) is 3.46. The van der Waals surface area contributed by atoms with Gasteiger partial charge >= 0.3 is 0 Å². The zero-order valence-electron chi connectivity index (χ0n) is 6.54. The first kappa shape index (κ1) is 9.89. The zero-order chi connectivity index (χ0) is 9.35. The maximum atomic E-state index is 12.7. The third kappa shape index (κ3) is 1.46. The van der Waals surface area contributed by atoms with Gasteiger partial charge in [-0.1, -0.05) is 0 Å². The minimum atomic E-state index is -3.39. The van der Waals surface area contributed by atoms with Gasteiger partial charge in [0.15, 0.2) is 0 Å². The van der Waals surface area contributed by atoms with Crippen LogP contribution in [0.3, 0.4) is 0 Å². The van der Waals surface area contributed by atoms with Gasteiger partial charge in [-0.15, -0.1) is 0 Å². The summed E-state index contributed by atoms with van der Waals surface area (Å²) >= 11 is 0. The smallest absolute Gasteiger partial charge is 0.293 e. The average Bonchev–Trinajstić information content (AvgIpc) is 2.17. The van der Waals surface area contributed by atoms with Gasteiger partial charge in [0.2, 0.25) is 0 Å². The van der Waals surface area contributed by atoms with Crippen LogP contribution in [0.25, 0.3) is 0 Å². The lowest BCUT2D eigenvalue weighted by atomic mass is 9.92. The normalized spacial score (nSPS) is 40.2. The van der Waals surface area contributed by atoms with Crippen molar-refractivity contribution < 1.29 is 23.4 Å². The highest BCUT2D eigenvalue weighted by atomic mass is 19.3. The SMILES string of the molecule is [B][C@@H]1O[C@H](COC)C(O)C1(F)F. The molecule has 0 bridgehead atoms. The molecule has 12 heavy (non-hydrogen) atoms. The lowest BCUT2D eigenvalue weighted by Gasteiger charge is -2.16. The second kappa shape index (κ2) is 3.28. The quantitative estimate of drug-likeness (QED) is 0.580. The van der Waals surface area contributed by atoms with Crippen molar-refractivity contribution in [3.05, 3.63) is 0 Å². The third-order valence-corrected chi connectivity index (χ3v) is 1.78. The fourth-order valence-corrected chi connectivity index (χ4v) is 1.06. The number of hydrogen-bond donors (Lipinski definition) is 1. The van der Waals surface area contributed by atoms with Gasteiger partial charge in [-0.2, -0.15) is 0 Å². The number of ether oxygens (including phenoxy) is 2. The Kier molecular flexibility index (Phi) is 2.70. The van der Waals surface area contributed by atoms with Crippen LogP contribution in [0.5, 0.6) is 0 Å². The number of alkyl halides is 2. The first-order chi connectivity index (χ1) is 5.50. The highest BCUT2D eigenvalue weighted by Crippen LogP contribution is 2.34. The van der Waals surface area contributed by atoms with Crippen molar-refractivity contribution in [1.29, 1.82) is 0 Å². The van der Waals surface area contributed by atoms with Crippen LogP contribution >= 0.6 is 0 Å². The predicted molar refractivity (Wildman–Crippen MR) is 37.2 cm³/mol. The van der Waals surface area contributed by atoms with E-state index in [-0.39, 0.29) is 6.61 Å². The first-order valence-corrected chi connectivity index (χ1v) is 3.46. The number of aliphatic hydroxyl groups is 1. The van der Waals surface area contributed by atoms with E-state index in [0.29, 0.717) is 0 Å². The highest BCUT2D eigenvalue weighted by Gasteiger charge is 2.55. The van der Waals surface area contributed by atoms with Gasteiger partial charge < -0.3 is 14.6 Å². The monoisotopic (exact) mass is 178 g/mol. The molecule has 68 valence electrons. The molecule has 1 unspecified atom stereocenters. The van der Waals surface area contributed by atoms with Gasteiger partial charge in [0.1, 0.15) is 20.1 Å². The van der Waals surface area contributed by atoms with Gasteiger partial charge in [0.05, 0.1) is 12.6 Å². The molecule has 1 N–H and O–H groups in total. The summed E-state index contributed by atoms with van der Waals surface area (Å²) in [6.45, 7) is -0.0928. The Bertz CT molecular complexity index is 167. The molecule has 0 aromatic carbocycles. The molecule has 1 rings (SSSR count). The zero-order valence-corrected chi connectivity index (χ0v) is 6.54. The van der Waals surface area contributed by atoms with Crippen LogP contribution in [0, 0.1) is 0 Å². The summed E-state index contributed by atoms with van der Waals surface area (Å²) in [7, 11) is 6.27. The average molecular weight is 178 g/mol. The Morgan fingerprint density at radius 1 is 1.67 bits per heavy atom. The van der Waals surface area contributed by atoms with Gasteiger partial charge in [-0.3, -0.25) is 0 Å². The molecule has 2 radical (unpaired) electrons. The number of halogens is 2. The van der Waals surface area contributed by atoms with Crippen molar-refractivity contribution in [2.24, 2.45) is 0 Å². The molecule has 0 aliphatic carbocycles. The Hall–Kier alpha value is -0.195. The summed E-state index contributed by atoms with van der Waals surface area (Å²) in [6.07, 6.45) is -2.92. The molecule has 3 nitrogen and oxygen atoms in total. The molecular weight excluding hydrogens is 169 g/mol. The standard InChI is InChI=1S/C6H9BF2O3/c1-11-2-3-4(10)6(8,9)5(7)12-3/h3-5,10H,2H2,1H3/t3-,4?,5-/m1/s1. The minimum Gasteiger partial charge on any atom is -0.384 e. The van der Waals surface area contributed by atoms with Crippen LogP contribution in [-0.2, 0) is 9.47 Å². The van der Waals surface area contributed by atoms with E-state index in [1.807, 2.05) is 0 Å². The van der Waals surface area contributed by atoms with Gasteiger partial charge in [-0.05, 0) is 0 Å². The molecule has 0 spiro atoms. The van der Waals surface area contributed by atoms with E-state index in [9.17, 15) is 8.78 Å². The maximum Gasteiger partial charge on any atom is 0.293 e. The molecule has 1 heterocycles. The highest BCUT2D eigenvalue weighted by molar-refractivity contribution is 6.12. The molecule has 6 heteroatoms. The van der Waals surface area contributed by atoms with Gasteiger partial charge in [0, 0.05) is 7.11 Å². The third-order valence-electron chi connectivity index (χ3n) is 1.78. The second-order valence-electron chi connectivity index (χ2n) is 2.67. The molecule has 0 aromatic heterocycles. The van der Waals surface area contributed by atoms with Crippen LogP contribution < -0.4 is 0 Å². The summed E-state index contributed by atoms with van der Waals surface area (Å²) in [4.78, 5) is 0. The van der Waals surface area contributed by atoms with Crippen LogP contribution in [0.1, 0.15) is 0 Å². The second-order valence-corrected chi connectivity index (χ2v) is 2.67. The summed E-state index contributed by atoms with van der Waals surface area (Å²) in [5.74, 6) is -3.39. The van der Waals surface area contributed by atoms with Gasteiger partial charge in [0.25, 0.3) is 5.92 Å². The molecule has 1 fully saturated rings. The van der Waals surface area contributed by atoms with E-state index in [0.717, 1.165) is 0 Å². The van der Waals surface area contributed by atoms with E-state index in [1.54, 1.807) is 0 Å². The Morgan fingerprint density at radius 2 is 2.25 bits per heavy atom. The predicted octanol–water partition coefficient (Wildman–Crippen LogP) is -0.478. The molecule has 1 saturated heterocycles. The van der Waals surface area contributed by atoms with E-state index >= 15 is 0 Å². The lowest BCUT2D eigenvalue weighted by Crippen LogP contribution is -2.40. The molecular formula is C6H9BF2O3. The van der Waals surface area contributed by atoms with Crippen LogP contribution in [0.4, 0.5) is 8.78 Å². The van der Waals surface area contributed by atoms with Crippen molar-refractivity contribution in [2.75, 3.05) is 13.7 Å². The van der Waals surface area contributed by atoms with E-state index < -0.39 is 24.1 Å². The molecule has 1 aliphatic rings. The minimum absolute atomic E-state index is 0.0928. The lowest BCUT2D eigenvalue weighted by molar-refractivity contribution is -0.0924. The molecule has 3 atom stereocenters. The number of methoxy groups -OCH3 is 1. The Morgan fingerprint density at radius 3 is 2.58 bits per heavy atom. The largest absolute Gasteiger partial charge is 0.384 e. The number of hydrogen-bond acceptors (Lipinski definition) is 3. The van der Waals surface area contributed by atoms with E-state index in [2.05, 4.69) is 9.47 Å².